The third-order valence-corrected chi connectivity index (χ3v) is 5.97. The first kappa shape index (κ1) is 21.9. The van der Waals surface area contributed by atoms with Crippen molar-refractivity contribution in [3.05, 3.63) is 102 Å². The Kier molecular flexibility index (Phi) is 6.22. The third kappa shape index (κ3) is 4.64. The van der Waals surface area contributed by atoms with E-state index in [4.69, 9.17) is 9.47 Å². The maximum absolute atomic E-state index is 13.6. The summed E-state index contributed by atoms with van der Waals surface area (Å²) in [5, 5.41) is 0. The number of carbonyl (C=O) groups is 1. The van der Waals surface area contributed by atoms with Gasteiger partial charge in [0.15, 0.2) is 0 Å². The van der Waals surface area contributed by atoms with E-state index in [1.807, 2.05) is 62.1 Å². The summed E-state index contributed by atoms with van der Waals surface area (Å²) in [6.07, 6.45) is 0.537. The zero-order valence-electron chi connectivity index (χ0n) is 19.2. The summed E-state index contributed by atoms with van der Waals surface area (Å²) in [6.45, 7) is 5.74. The number of carbonyl (C=O) groups excluding carboxylic acids is 1. The van der Waals surface area contributed by atoms with Crippen molar-refractivity contribution in [2.75, 3.05) is 7.11 Å². The maximum Gasteiger partial charge on any atom is 0.411 e. The molecular formula is C28H31NO3. The van der Waals surface area contributed by atoms with E-state index in [0.717, 1.165) is 23.3 Å². The van der Waals surface area contributed by atoms with Gasteiger partial charge in [-0.05, 0) is 56.0 Å². The molecule has 0 radical (unpaired) electrons. The molecule has 4 nitrogen and oxygen atoms in total. The van der Waals surface area contributed by atoms with Crippen molar-refractivity contribution < 1.29 is 14.3 Å². The molecule has 3 atom stereocenters. The molecule has 1 amide bonds. The first-order chi connectivity index (χ1) is 15.4. The molecule has 0 bridgehead atoms. The fourth-order valence-electron chi connectivity index (χ4n) is 4.61. The molecule has 1 aliphatic rings. The summed E-state index contributed by atoms with van der Waals surface area (Å²) >= 11 is 0. The minimum atomic E-state index is -0.576. The fourth-order valence-corrected chi connectivity index (χ4v) is 4.61. The Balaban J connectivity index is 1.84. The summed E-state index contributed by atoms with van der Waals surface area (Å²) < 4.78 is 11.3. The van der Waals surface area contributed by atoms with Crippen LogP contribution in [0, 0.1) is 0 Å². The number of benzene rings is 3. The molecule has 3 aromatic carbocycles. The number of amides is 1. The van der Waals surface area contributed by atoms with E-state index in [2.05, 4.69) is 48.5 Å². The van der Waals surface area contributed by atoms with Gasteiger partial charge in [0.25, 0.3) is 0 Å². The SMILES string of the molecule is COc1ccc([C@H]2[C@@H](c3ccccc3)C[C@@H](c3ccccc3)N2C(=O)OC(C)(C)C)cc1. The topological polar surface area (TPSA) is 38.8 Å². The Bertz CT molecular complexity index is 1030. The van der Waals surface area contributed by atoms with E-state index in [-0.39, 0.29) is 24.1 Å². The highest BCUT2D eigenvalue weighted by Gasteiger charge is 2.47. The van der Waals surface area contributed by atoms with Crippen LogP contribution in [0.25, 0.3) is 0 Å². The Morgan fingerprint density at radius 3 is 1.91 bits per heavy atom. The maximum atomic E-state index is 13.6. The van der Waals surface area contributed by atoms with Crippen LogP contribution in [-0.2, 0) is 4.74 Å². The van der Waals surface area contributed by atoms with Crippen LogP contribution in [0.4, 0.5) is 4.79 Å². The smallest absolute Gasteiger partial charge is 0.411 e. The van der Waals surface area contributed by atoms with Crippen LogP contribution in [0.3, 0.4) is 0 Å². The summed E-state index contributed by atoms with van der Waals surface area (Å²) in [4.78, 5) is 15.6. The monoisotopic (exact) mass is 429 g/mol. The Labute approximate surface area is 190 Å². The van der Waals surface area contributed by atoms with Gasteiger partial charge in [0.2, 0.25) is 0 Å². The van der Waals surface area contributed by atoms with Crippen molar-refractivity contribution in [2.24, 2.45) is 0 Å². The van der Waals surface area contributed by atoms with E-state index < -0.39 is 5.60 Å². The second-order valence-corrected chi connectivity index (χ2v) is 9.28. The molecule has 0 saturated carbocycles. The minimum absolute atomic E-state index is 0.0802. The van der Waals surface area contributed by atoms with Gasteiger partial charge in [-0.15, -0.1) is 0 Å². The number of methoxy groups -OCH3 is 1. The van der Waals surface area contributed by atoms with Gasteiger partial charge < -0.3 is 9.47 Å². The average Bonchev–Trinajstić information content (AvgIpc) is 3.20. The first-order valence-electron chi connectivity index (χ1n) is 11.1. The van der Waals surface area contributed by atoms with E-state index in [1.165, 1.54) is 5.56 Å². The van der Waals surface area contributed by atoms with Crippen molar-refractivity contribution in [1.82, 2.24) is 4.90 Å². The largest absolute Gasteiger partial charge is 0.497 e. The molecule has 0 spiro atoms. The van der Waals surface area contributed by atoms with Gasteiger partial charge in [0, 0.05) is 5.92 Å². The van der Waals surface area contributed by atoms with E-state index in [1.54, 1.807) is 7.11 Å². The predicted molar refractivity (Wildman–Crippen MR) is 127 cm³/mol. The first-order valence-corrected chi connectivity index (χ1v) is 11.1. The summed E-state index contributed by atoms with van der Waals surface area (Å²) in [7, 11) is 1.66. The molecule has 1 saturated heterocycles. The molecule has 1 fully saturated rings. The quantitative estimate of drug-likeness (QED) is 0.453. The summed E-state index contributed by atoms with van der Waals surface area (Å²) in [5.41, 5.74) is 2.84. The van der Waals surface area contributed by atoms with Crippen LogP contribution in [0.1, 0.15) is 61.9 Å². The van der Waals surface area contributed by atoms with Gasteiger partial charge in [0.05, 0.1) is 19.2 Å². The van der Waals surface area contributed by atoms with Crippen molar-refractivity contribution >= 4 is 6.09 Å². The van der Waals surface area contributed by atoms with Crippen LogP contribution in [0.2, 0.25) is 0 Å². The highest BCUT2D eigenvalue weighted by molar-refractivity contribution is 5.71. The fraction of sp³-hybridized carbons (Fsp3) is 0.321. The lowest BCUT2D eigenvalue weighted by Gasteiger charge is -2.34. The van der Waals surface area contributed by atoms with Gasteiger partial charge in [-0.1, -0.05) is 72.8 Å². The van der Waals surface area contributed by atoms with Crippen molar-refractivity contribution in [2.45, 2.75) is 50.8 Å². The predicted octanol–water partition coefficient (Wildman–Crippen LogP) is 6.90. The molecule has 4 heteroatoms. The molecule has 1 aliphatic heterocycles. The van der Waals surface area contributed by atoms with Gasteiger partial charge in [-0.2, -0.15) is 0 Å². The number of ether oxygens (including phenoxy) is 2. The Morgan fingerprint density at radius 2 is 1.38 bits per heavy atom. The molecule has 0 aromatic heterocycles. The molecule has 0 aliphatic carbocycles. The van der Waals surface area contributed by atoms with Gasteiger partial charge in [0.1, 0.15) is 11.4 Å². The van der Waals surface area contributed by atoms with Crippen LogP contribution < -0.4 is 4.74 Å². The normalized spacial score (nSPS) is 20.8. The molecule has 0 unspecified atom stereocenters. The van der Waals surface area contributed by atoms with Crippen LogP contribution >= 0.6 is 0 Å². The minimum Gasteiger partial charge on any atom is -0.497 e. The Hall–Kier alpha value is -3.27. The molecule has 4 rings (SSSR count). The number of nitrogens with zero attached hydrogens (tertiary/aromatic N) is 1. The van der Waals surface area contributed by atoms with Crippen LogP contribution in [-0.4, -0.2) is 23.7 Å². The van der Waals surface area contributed by atoms with Crippen LogP contribution in [0.15, 0.2) is 84.9 Å². The zero-order valence-corrected chi connectivity index (χ0v) is 19.2. The van der Waals surface area contributed by atoms with Crippen molar-refractivity contribution in [3.63, 3.8) is 0 Å². The van der Waals surface area contributed by atoms with Crippen molar-refractivity contribution in [1.29, 1.82) is 0 Å². The third-order valence-electron chi connectivity index (χ3n) is 5.97. The second-order valence-electron chi connectivity index (χ2n) is 9.28. The summed E-state index contributed by atoms with van der Waals surface area (Å²) in [6, 6.07) is 28.5. The van der Waals surface area contributed by atoms with E-state index >= 15 is 0 Å². The van der Waals surface area contributed by atoms with Crippen LogP contribution in [0.5, 0.6) is 5.75 Å². The highest BCUT2D eigenvalue weighted by Crippen LogP contribution is 2.53. The standard InChI is InChI=1S/C28H31NO3/c1-28(2,3)32-27(30)29-25(21-13-9-6-10-14-21)19-24(20-11-7-5-8-12-20)26(29)22-15-17-23(31-4)18-16-22/h5-18,24-26H,19H2,1-4H3/t24-,25+,26+/m1/s1. The second kappa shape index (κ2) is 9.07. The lowest BCUT2D eigenvalue weighted by atomic mass is 9.86. The molecule has 0 N–H and O–H groups in total. The van der Waals surface area contributed by atoms with Gasteiger partial charge in [-0.25, -0.2) is 4.79 Å². The molecule has 32 heavy (non-hydrogen) atoms. The number of rotatable bonds is 4. The lowest BCUT2D eigenvalue weighted by Crippen LogP contribution is -2.38. The molecular weight excluding hydrogens is 398 g/mol. The Morgan fingerprint density at radius 1 is 0.812 bits per heavy atom. The van der Waals surface area contributed by atoms with Gasteiger partial charge >= 0.3 is 6.09 Å². The number of likely N-dealkylation sites (tertiary alicyclic amines) is 1. The van der Waals surface area contributed by atoms with Gasteiger partial charge in [-0.3, -0.25) is 4.90 Å². The number of hydrogen-bond donors (Lipinski definition) is 0. The zero-order chi connectivity index (χ0) is 22.7. The van der Waals surface area contributed by atoms with E-state index in [0.29, 0.717) is 0 Å². The molecule has 166 valence electrons. The lowest BCUT2D eigenvalue weighted by molar-refractivity contribution is 0.0135. The van der Waals surface area contributed by atoms with E-state index in [9.17, 15) is 4.79 Å². The molecule has 1 heterocycles. The average molecular weight is 430 g/mol. The number of hydrogen-bond acceptors (Lipinski definition) is 3. The highest BCUT2D eigenvalue weighted by atomic mass is 16.6. The van der Waals surface area contributed by atoms with Crippen molar-refractivity contribution in [3.8, 4) is 5.75 Å². The summed E-state index contributed by atoms with van der Waals surface area (Å²) in [5.74, 6) is 0.939. The molecule has 3 aromatic rings.